The van der Waals surface area contributed by atoms with E-state index in [2.05, 4.69) is 136 Å². The van der Waals surface area contributed by atoms with Gasteiger partial charge in [-0.25, -0.2) is 0 Å². The van der Waals surface area contributed by atoms with Crippen LogP contribution < -0.4 is 0 Å². The van der Waals surface area contributed by atoms with Crippen molar-refractivity contribution in [2.75, 3.05) is 13.2 Å². The van der Waals surface area contributed by atoms with E-state index in [9.17, 15) is 14.4 Å². The molecule has 0 aliphatic heterocycles. The van der Waals surface area contributed by atoms with Crippen LogP contribution in [-0.4, -0.2) is 37.2 Å². The highest BCUT2D eigenvalue weighted by molar-refractivity contribution is 5.71. The topological polar surface area (TPSA) is 78.9 Å². The average Bonchev–Trinajstić information content (AvgIpc) is 3.41. The van der Waals surface area contributed by atoms with Gasteiger partial charge in [0.2, 0.25) is 0 Å². The predicted molar refractivity (Wildman–Crippen MR) is 325 cm³/mol. The smallest absolute Gasteiger partial charge is 0.306 e. The number of rotatable bonds is 55. The maximum absolute atomic E-state index is 12.9. The molecule has 0 aromatic rings. The molecule has 0 heterocycles. The van der Waals surface area contributed by atoms with Crippen molar-refractivity contribution in [2.24, 2.45) is 0 Å². The maximum atomic E-state index is 12.9. The Bertz CT molecular complexity index is 1570. The van der Waals surface area contributed by atoms with Crippen LogP contribution in [0.2, 0.25) is 0 Å². The van der Waals surface area contributed by atoms with Gasteiger partial charge < -0.3 is 14.2 Å². The Balaban J connectivity index is 4.50. The minimum atomic E-state index is -0.832. The van der Waals surface area contributed by atoms with Gasteiger partial charge in [0.1, 0.15) is 13.2 Å². The van der Waals surface area contributed by atoms with Crippen LogP contribution in [0.25, 0.3) is 0 Å². The van der Waals surface area contributed by atoms with Crippen molar-refractivity contribution < 1.29 is 28.6 Å². The molecule has 0 saturated heterocycles. The van der Waals surface area contributed by atoms with E-state index in [4.69, 9.17) is 14.2 Å². The molecule has 0 aliphatic rings. The molecule has 0 N–H and O–H groups in total. The molecule has 6 nitrogen and oxygen atoms in total. The summed E-state index contributed by atoms with van der Waals surface area (Å²) in [5, 5.41) is 0. The highest BCUT2D eigenvalue weighted by Crippen LogP contribution is 2.16. The van der Waals surface area contributed by atoms with Crippen molar-refractivity contribution in [3.05, 3.63) is 122 Å². The predicted octanol–water partition coefficient (Wildman–Crippen LogP) is 21.2. The first-order chi connectivity index (χ1) is 37.0. The number of carbonyl (C=O) groups is 3. The average molecular weight is 1040 g/mol. The summed E-state index contributed by atoms with van der Waals surface area (Å²) in [5.41, 5.74) is 0. The summed E-state index contributed by atoms with van der Waals surface area (Å²) >= 11 is 0. The lowest BCUT2D eigenvalue weighted by molar-refractivity contribution is -0.166. The second-order valence-corrected chi connectivity index (χ2v) is 20.2. The fourth-order valence-corrected chi connectivity index (χ4v) is 8.40. The highest BCUT2D eigenvalue weighted by Gasteiger charge is 2.19. The Hall–Kier alpha value is -4.19. The Morgan fingerprint density at radius 3 is 0.867 bits per heavy atom. The maximum Gasteiger partial charge on any atom is 0.306 e. The molecular formula is C69H114O6. The van der Waals surface area contributed by atoms with Crippen LogP contribution >= 0.6 is 0 Å². The van der Waals surface area contributed by atoms with Crippen molar-refractivity contribution >= 4 is 17.9 Å². The van der Waals surface area contributed by atoms with Gasteiger partial charge in [0.15, 0.2) is 6.10 Å². The molecule has 1 unspecified atom stereocenters. The van der Waals surface area contributed by atoms with Crippen molar-refractivity contribution in [2.45, 2.75) is 284 Å². The van der Waals surface area contributed by atoms with E-state index in [-0.39, 0.29) is 31.6 Å². The zero-order chi connectivity index (χ0) is 54.3. The molecule has 0 aromatic carbocycles. The van der Waals surface area contributed by atoms with E-state index in [1.807, 2.05) is 6.08 Å². The van der Waals surface area contributed by atoms with Crippen LogP contribution in [0.4, 0.5) is 0 Å². The van der Waals surface area contributed by atoms with Gasteiger partial charge >= 0.3 is 17.9 Å². The van der Waals surface area contributed by atoms with Gasteiger partial charge in [-0.2, -0.15) is 0 Å². The van der Waals surface area contributed by atoms with Gasteiger partial charge in [-0.05, 0) is 96.3 Å². The number of ether oxygens (including phenoxy) is 3. The Labute approximate surface area is 462 Å². The molecule has 1 atom stereocenters. The summed E-state index contributed by atoms with van der Waals surface area (Å²) in [6.45, 7) is 6.35. The van der Waals surface area contributed by atoms with E-state index in [1.165, 1.54) is 116 Å². The van der Waals surface area contributed by atoms with Crippen molar-refractivity contribution in [1.82, 2.24) is 0 Å². The van der Waals surface area contributed by atoms with E-state index in [1.54, 1.807) is 0 Å². The Kier molecular flexibility index (Phi) is 58.9. The number of hydrogen-bond donors (Lipinski definition) is 0. The summed E-state index contributed by atoms with van der Waals surface area (Å²) in [6, 6.07) is 0. The van der Waals surface area contributed by atoms with E-state index >= 15 is 0 Å². The lowest BCUT2D eigenvalue weighted by atomic mass is 10.0. The third-order valence-corrected chi connectivity index (χ3v) is 13.0. The molecule has 0 fully saturated rings. The molecule has 426 valence electrons. The highest BCUT2D eigenvalue weighted by atomic mass is 16.6. The lowest BCUT2D eigenvalue weighted by Gasteiger charge is -2.18. The molecule has 0 saturated carbocycles. The molecule has 0 radical (unpaired) electrons. The van der Waals surface area contributed by atoms with Gasteiger partial charge in [0.05, 0.1) is 0 Å². The first-order valence-electron chi connectivity index (χ1n) is 31.0. The third kappa shape index (κ3) is 60.6. The van der Waals surface area contributed by atoms with E-state index < -0.39 is 12.1 Å². The van der Waals surface area contributed by atoms with Crippen LogP contribution in [0.3, 0.4) is 0 Å². The quantitative estimate of drug-likeness (QED) is 0.0261. The fourth-order valence-electron chi connectivity index (χ4n) is 8.40. The van der Waals surface area contributed by atoms with E-state index in [0.717, 1.165) is 116 Å². The molecule has 0 bridgehead atoms. The first kappa shape index (κ1) is 70.8. The zero-order valence-electron chi connectivity index (χ0n) is 48.8. The van der Waals surface area contributed by atoms with Crippen molar-refractivity contribution in [1.29, 1.82) is 0 Å². The summed E-state index contributed by atoms with van der Waals surface area (Å²) in [5.74, 6) is -1.02. The molecular weight excluding hydrogens is 925 g/mol. The number of unbranched alkanes of at least 4 members (excludes halogenated alkanes) is 24. The number of allylic oxidation sites excluding steroid dienone is 20. The fraction of sp³-hybridized carbons (Fsp3) is 0.667. The minimum Gasteiger partial charge on any atom is -0.462 e. The van der Waals surface area contributed by atoms with E-state index in [0.29, 0.717) is 19.3 Å². The van der Waals surface area contributed by atoms with Crippen LogP contribution in [0.5, 0.6) is 0 Å². The normalized spacial score (nSPS) is 12.9. The minimum absolute atomic E-state index is 0.117. The third-order valence-electron chi connectivity index (χ3n) is 13.0. The number of carbonyl (C=O) groups excluding carboxylic acids is 3. The van der Waals surface area contributed by atoms with Crippen LogP contribution in [0.15, 0.2) is 122 Å². The first-order valence-corrected chi connectivity index (χ1v) is 31.0. The van der Waals surface area contributed by atoms with Crippen molar-refractivity contribution in [3.8, 4) is 0 Å². The van der Waals surface area contributed by atoms with Crippen LogP contribution in [-0.2, 0) is 28.6 Å². The molecule has 0 rings (SSSR count). The molecule has 0 aromatic heterocycles. The van der Waals surface area contributed by atoms with Crippen LogP contribution in [0.1, 0.15) is 278 Å². The molecule has 0 amide bonds. The van der Waals surface area contributed by atoms with Crippen LogP contribution in [0, 0.1) is 0 Å². The number of hydrogen-bond acceptors (Lipinski definition) is 6. The standard InChI is InChI=1S/C69H114O6/c1-4-7-10-13-16-19-22-25-28-31-33-34-36-38-41-44-47-50-53-56-59-62-68(71)74-65-66(64-73-67(70)61-58-55-52-49-46-43-40-37-30-27-24-21-18-15-12-9-6-3)75-69(72)63-60-57-54-51-48-45-42-39-35-32-29-26-23-20-17-14-11-8-5-2/h8-9,11-12,17-18,20-21,26-27,29-30,35,39-40,43,45,48,54,57,66H,4-7,10,13-16,19,22-25,28,31-34,36-38,41-42,44,46-47,49-53,55-56,58-65H2,1-3H3/b11-8-,12-9-,20-17-,21-18-,29-26-,30-27-,39-35-,43-40-,48-45-,57-54-. The summed E-state index contributed by atoms with van der Waals surface area (Å²) < 4.78 is 16.8. The second kappa shape index (κ2) is 62.4. The zero-order valence-corrected chi connectivity index (χ0v) is 48.8. The molecule has 0 spiro atoms. The molecule has 0 aliphatic carbocycles. The Morgan fingerprint density at radius 1 is 0.280 bits per heavy atom. The summed E-state index contributed by atoms with van der Waals surface area (Å²) in [7, 11) is 0. The largest absolute Gasteiger partial charge is 0.462 e. The van der Waals surface area contributed by atoms with Crippen molar-refractivity contribution in [3.63, 3.8) is 0 Å². The lowest BCUT2D eigenvalue weighted by Crippen LogP contribution is -2.30. The Morgan fingerprint density at radius 2 is 0.547 bits per heavy atom. The van der Waals surface area contributed by atoms with Gasteiger partial charge in [-0.15, -0.1) is 0 Å². The molecule has 75 heavy (non-hydrogen) atoms. The summed E-state index contributed by atoms with van der Waals surface area (Å²) in [4.78, 5) is 38.3. The monoisotopic (exact) mass is 1040 g/mol. The molecule has 6 heteroatoms. The SMILES string of the molecule is CC/C=C\C/C=C\C/C=C\C/C=C\C/C=C\C/C=C\CCC(=O)OC(COC(=O)CCCCCC/C=C\C/C=C\C/C=C\C/C=C\CC)COC(=O)CCCCCCCCCCCCCCCCCCCCCCC. The van der Waals surface area contributed by atoms with Gasteiger partial charge in [-0.3, -0.25) is 14.4 Å². The van der Waals surface area contributed by atoms with Gasteiger partial charge in [-0.1, -0.05) is 284 Å². The number of esters is 3. The second-order valence-electron chi connectivity index (χ2n) is 20.2. The summed E-state index contributed by atoms with van der Waals surface area (Å²) in [6.07, 6.45) is 86.4. The van der Waals surface area contributed by atoms with Gasteiger partial charge in [0, 0.05) is 19.3 Å². The van der Waals surface area contributed by atoms with Gasteiger partial charge in [0.25, 0.3) is 0 Å².